The van der Waals surface area contributed by atoms with Crippen molar-refractivity contribution in [2.24, 2.45) is 5.92 Å². The predicted octanol–water partition coefficient (Wildman–Crippen LogP) is 2.00. The highest BCUT2D eigenvalue weighted by Gasteiger charge is 2.28. The van der Waals surface area contributed by atoms with E-state index < -0.39 is 0 Å². The molecular weight excluding hydrogens is 224 g/mol. The van der Waals surface area contributed by atoms with Gasteiger partial charge in [0.05, 0.1) is 6.61 Å². The first-order chi connectivity index (χ1) is 8.85. The van der Waals surface area contributed by atoms with Gasteiger partial charge >= 0.3 is 0 Å². The molecule has 1 aliphatic heterocycles. The number of rotatable bonds is 4. The van der Waals surface area contributed by atoms with Crippen molar-refractivity contribution in [1.82, 2.24) is 10.2 Å². The molecule has 1 aliphatic carbocycles. The summed E-state index contributed by atoms with van der Waals surface area (Å²) in [5, 5.41) is 13.1. The minimum Gasteiger partial charge on any atom is -0.395 e. The first-order valence-electron chi connectivity index (χ1n) is 7.87. The van der Waals surface area contributed by atoms with Gasteiger partial charge in [0.1, 0.15) is 0 Å². The second-order valence-electron chi connectivity index (χ2n) is 6.12. The molecule has 2 N–H and O–H groups in total. The molecule has 18 heavy (non-hydrogen) atoms. The van der Waals surface area contributed by atoms with Gasteiger partial charge in [-0.25, -0.2) is 0 Å². The summed E-state index contributed by atoms with van der Waals surface area (Å²) in [4.78, 5) is 2.58. The molecule has 3 heteroatoms. The van der Waals surface area contributed by atoms with E-state index in [0.717, 1.165) is 5.92 Å². The lowest BCUT2D eigenvalue weighted by Crippen LogP contribution is -2.47. The van der Waals surface area contributed by atoms with Crippen LogP contribution in [0.5, 0.6) is 0 Å². The largest absolute Gasteiger partial charge is 0.395 e. The molecule has 3 atom stereocenters. The van der Waals surface area contributed by atoms with Gasteiger partial charge in [0, 0.05) is 18.6 Å². The van der Waals surface area contributed by atoms with Crippen molar-refractivity contribution in [3.8, 4) is 0 Å². The fourth-order valence-corrected chi connectivity index (χ4v) is 3.79. The Bertz CT molecular complexity index is 235. The van der Waals surface area contributed by atoms with Crippen molar-refractivity contribution in [2.45, 2.75) is 63.5 Å². The van der Waals surface area contributed by atoms with Crippen LogP contribution in [-0.4, -0.2) is 48.8 Å². The number of likely N-dealkylation sites (tertiary alicyclic amines) is 1. The van der Waals surface area contributed by atoms with Gasteiger partial charge in [-0.2, -0.15) is 0 Å². The van der Waals surface area contributed by atoms with Gasteiger partial charge in [-0.15, -0.1) is 0 Å². The Hall–Kier alpha value is -0.120. The van der Waals surface area contributed by atoms with Crippen LogP contribution in [0.2, 0.25) is 0 Å². The molecule has 0 aromatic heterocycles. The Morgan fingerprint density at radius 2 is 1.83 bits per heavy atom. The van der Waals surface area contributed by atoms with E-state index in [1.54, 1.807) is 0 Å². The molecule has 3 nitrogen and oxygen atoms in total. The van der Waals surface area contributed by atoms with Crippen LogP contribution in [0.3, 0.4) is 0 Å². The van der Waals surface area contributed by atoms with E-state index in [1.165, 1.54) is 64.5 Å². The standard InChI is InChI=1S/C15H30N2O/c1-16-15-9-5-4-7-13(15)11-17-10-6-2-3-8-14(17)12-18/h13-16,18H,2-12H2,1H3. The summed E-state index contributed by atoms with van der Waals surface area (Å²) in [5.41, 5.74) is 0. The lowest BCUT2D eigenvalue weighted by molar-refractivity contribution is 0.0909. The fraction of sp³-hybridized carbons (Fsp3) is 1.00. The van der Waals surface area contributed by atoms with Gasteiger partial charge in [0.15, 0.2) is 0 Å². The Morgan fingerprint density at radius 3 is 2.61 bits per heavy atom. The average Bonchev–Trinajstić information content (AvgIpc) is 2.64. The summed E-state index contributed by atoms with van der Waals surface area (Å²) in [6, 6.07) is 1.12. The van der Waals surface area contributed by atoms with Crippen molar-refractivity contribution in [3.05, 3.63) is 0 Å². The zero-order valence-electron chi connectivity index (χ0n) is 11.9. The number of hydrogen-bond donors (Lipinski definition) is 2. The van der Waals surface area contributed by atoms with Gasteiger partial charge in [-0.1, -0.05) is 25.7 Å². The van der Waals surface area contributed by atoms with Crippen molar-refractivity contribution >= 4 is 0 Å². The molecule has 0 amide bonds. The minimum atomic E-state index is 0.344. The first kappa shape index (κ1) is 14.3. The number of nitrogens with zero attached hydrogens (tertiary/aromatic N) is 1. The molecule has 1 saturated carbocycles. The first-order valence-corrected chi connectivity index (χ1v) is 7.87. The van der Waals surface area contributed by atoms with Gasteiger partial charge in [-0.05, 0) is 45.2 Å². The average molecular weight is 254 g/mol. The Morgan fingerprint density at radius 1 is 1.06 bits per heavy atom. The zero-order valence-corrected chi connectivity index (χ0v) is 11.9. The van der Waals surface area contributed by atoms with Crippen molar-refractivity contribution in [1.29, 1.82) is 0 Å². The third-order valence-corrected chi connectivity index (χ3v) is 4.96. The molecule has 2 rings (SSSR count). The second-order valence-corrected chi connectivity index (χ2v) is 6.12. The molecule has 2 fully saturated rings. The van der Waals surface area contributed by atoms with Crippen LogP contribution in [0.15, 0.2) is 0 Å². The van der Waals surface area contributed by atoms with E-state index >= 15 is 0 Å². The molecule has 1 saturated heterocycles. The quantitative estimate of drug-likeness (QED) is 0.805. The van der Waals surface area contributed by atoms with Crippen LogP contribution in [0, 0.1) is 5.92 Å². The summed E-state index contributed by atoms with van der Waals surface area (Å²) in [5.74, 6) is 0.788. The Balaban J connectivity index is 1.91. The number of nitrogens with one attached hydrogen (secondary N) is 1. The molecule has 1 heterocycles. The molecule has 0 aromatic carbocycles. The minimum absolute atomic E-state index is 0.344. The van der Waals surface area contributed by atoms with Crippen LogP contribution in [-0.2, 0) is 0 Å². The topological polar surface area (TPSA) is 35.5 Å². The lowest BCUT2D eigenvalue weighted by Gasteiger charge is -2.37. The molecule has 106 valence electrons. The van der Waals surface area contributed by atoms with Crippen LogP contribution < -0.4 is 5.32 Å². The van der Waals surface area contributed by atoms with Crippen molar-refractivity contribution in [3.63, 3.8) is 0 Å². The smallest absolute Gasteiger partial charge is 0.0586 e. The van der Waals surface area contributed by atoms with E-state index in [0.29, 0.717) is 18.7 Å². The number of aliphatic hydroxyl groups excluding tert-OH is 1. The third kappa shape index (κ3) is 3.69. The summed E-state index contributed by atoms with van der Waals surface area (Å²) in [6.07, 6.45) is 10.6. The van der Waals surface area contributed by atoms with Gasteiger partial charge < -0.3 is 10.4 Å². The van der Waals surface area contributed by atoms with Gasteiger partial charge in [-0.3, -0.25) is 4.90 Å². The zero-order chi connectivity index (χ0) is 12.8. The van der Waals surface area contributed by atoms with Gasteiger partial charge in [0.25, 0.3) is 0 Å². The molecule has 0 spiro atoms. The Kier molecular flexibility index (Phi) is 5.93. The van der Waals surface area contributed by atoms with E-state index in [9.17, 15) is 5.11 Å². The summed E-state index contributed by atoms with van der Waals surface area (Å²) in [7, 11) is 2.11. The van der Waals surface area contributed by atoms with Gasteiger partial charge in [0.2, 0.25) is 0 Å². The van der Waals surface area contributed by atoms with Crippen molar-refractivity contribution in [2.75, 3.05) is 26.7 Å². The predicted molar refractivity (Wildman–Crippen MR) is 75.7 cm³/mol. The maximum absolute atomic E-state index is 9.58. The highest BCUT2D eigenvalue weighted by Crippen LogP contribution is 2.27. The van der Waals surface area contributed by atoms with E-state index in [1.807, 2.05) is 0 Å². The number of aliphatic hydroxyl groups is 1. The molecule has 0 aromatic rings. The monoisotopic (exact) mass is 254 g/mol. The summed E-state index contributed by atoms with van der Waals surface area (Å²) in [6.45, 7) is 2.73. The molecular formula is C15H30N2O. The second kappa shape index (κ2) is 7.46. The van der Waals surface area contributed by atoms with Crippen LogP contribution in [0.1, 0.15) is 51.4 Å². The molecule has 0 radical (unpaired) electrons. The van der Waals surface area contributed by atoms with Crippen LogP contribution in [0.25, 0.3) is 0 Å². The SMILES string of the molecule is CNC1CCCCC1CN1CCCCCC1CO. The van der Waals surface area contributed by atoms with Crippen LogP contribution >= 0.6 is 0 Å². The molecule has 2 aliphatic rings. The molecule has 3 unspecified atom stereocenters. The number of hydrogen-bond acceptors (Lipinski definition) is 3. The van der Waals surface area contributed by atoms with E-state index in [-0.39, 0.29) is 0 Å². The van der Waals surface area contributed by atoms with E-state index in [4.69, 9.17) is 0 Å². The molecule has 0 bridgehead atoms. The van der Waals surface area contributed by atoms with Crippen molar-refractivity contribution < 1.29 is 5.11 Å². The van der Waals surface area contributed by atoms with Crippen LogP contribution in [0.4, 0.5) is 0 Å². The van der Waals surface area contributed by atoms with E-state index in [2.05, 4.69) is 17.3 Å². The summed E-state index contributed by atoms with van der Waals surface area (Å²) >= 11 is 0. The fourth-order valence-electron chi connectivity index (χ4n) is 3.79. The highest BCUT2D eigenvalue weighted by molar-refractivity contribution is 4.85. The Labute approximate surface area is 112 Å². The lowest BCUT2D eigenvalue weighted by atomic mass is 9.84. The summed E-state index contributed by atoms with van der Waals surface area (Å²) < 4.78 is 0. The highest BCUT2D eigenvalue weighted by atomic mass is 16.3. The maximum atomic E-state index is 9.58. The normalized spacial score (nSPS) is 35.3. The third-order valence-electron chi connectivity index (χ3n) is 4.96. The maximum Gasteiger partial charge on any atom is 0.0586 e.